The third kappa shape index (κ3) is 8.12. The predicted molar refractivity (Wildman–Crippen MR) is 128 cm³/mol. The molecule has 4 nitrogen and oxygen atoms in total. The Kier molecular flexibility index (Phi) is 9.64. The van der Waals surface area contributed by atoms with Crippen molar-refractivity contribution >= 4 is 11.5 Å². The van der Waals surface area contributed by atoms with E-state index < -0.39 is 0 Å². The van der Waals surface area contributed by atoms with Gasteiger partial charge in [-0.1, -0.05) is 75.6 Å². The quantitative estimate of drug-likeness (QED) is 0.394. The first-order chi connectivity index (χ1) is 14.8. The van der Waals surface area contributed by atoms with Gasteiger partial charge in [0.2, 0.25) is 5.91 Å². The molecule has 4 heteroatoms. The van der Waals surface area contributed by atoms with E-state index in [-0.39, 0.29) is 36.5 Å². The molecule has 0 spiro atoms. The molecule has 1 aromatic carbocycles. The van der Waals surface area contributed by atoms with Gasteiger partial charge in [-0.2, -0.15) is 0 Å². The molecular weight excluding hydrogens is 386 g/mol. The first-order valence-electron chi connectivity index (χ1n) is 11.2. The van der Waals surface area contributed by atoms with Crippen LogP contribution in [0.1, 0.15) is 52.0 Å². The molecule has 0 bridgehead atoms. The molecule has 4 atom stereocenters. The number of allylic oxidation sites excluding steroid dienone is 6. The number of hydrogen-bond acceptors (Lipinski definition) is 3. The van der Waals surface area contributed by atoms with Crippen LogP contribution in [0.15, 0.2) is 73.2 Å². The largest absolute Gasteiger partial charge is 0.513 e. The first kappa shape index (κ1) is 24.5. The van der Waals surface area contributed by atoms with Gasteiger partial charge in [-0.25, -0.2) is 0 Å². The topological polar surface area (TPSA) is 58.6 Å². The molecule has 0 fully saturated rings. The van der Waals surface area contributed by atoms with E-state index >= 15 is 0 Å². The van der Waals surface area contributed by atoms with Crippen molar-refractivity contribution in [1.82, 2.24) is 5.32 Å². The van der Waals surface area contributed by atoms with Crippen LogP contribution < -0.4 is 5.32 Å². The average Bonchev–Trinajstić information content (AvgIpc) is 2.74. The molecule has 1 aliphatic rings. The molecule has 1 amide bonds. The molecule has 3 unspecified atom stereocenters. The lowest BCUT2D eigenvalue weighted by atomic mass is 9.80. The minimum Gasteiger partial charge on any atom is -0.513 e. The molecule has 0 saturated heterocycles. The van der Waals surface area contributed by atoms with Gasteiger partial charge in [0, 0.05) is 24.8 Å². The van der Waals surface area contributed by atoms with Crippen LogP contribution in [0.5, 0.6) is 0 Å². The second kappa shape index (κ2) is 12.2. The van der Waals surface area contributed by atoms with Crippen LogP contribution in [0.4, 0.5) is 0 Å². The molecule has 168 valence electrons. The standard InChI is InChI=1S/C27H37NO3/c1-6-31-22(5)19(2)17-26(28-27(30)15-12-21(4)29)18-24-13-14-25(16-20(24)3)23-10-8-7-9-11-23/h7-11,13-14,16,19-20,24,26,29H,4-6,12,15,17-18H2,1-3H3,(H,28,30)/t19-,20?,24?,26?/m1/s1. The number of amides is 1. The predicted octanol–water partition coefficient (Wildman–Crippen LogP) is 6.20. The highest BCUT2D eigenvalue weighted by Crippen LogP contribution is 2.32. The van der Waals surface area contributed by atoms with E-state index in [1.54, 1.807) is 0 Å². The number of hydrogen-bond donors (Lipinski definition) is 2. The summed E-state index contributed by atoms with van der Waals surface area (Å²) in [6, 6.07) is 10.4. The second-order valence-electron chi connectivity index (χ2n) is 8.47. The molecule has 0 radical (unpaired) electrons. The van der Waals surface area contributed by atoms with Gasteiger partial charge < -0.3 is 15.2 Å². The Morgan fingerprint density at radius 3 is 2.55 bits per heavy atom. The third-order valence-corrected chi connectivity index (χ3v) is 5.83. The Morgan fingerprint density at radius 2 is 1.94 bits per heavy atom. The van der Waals surface area contributed by atoms with E-state index in [9.17, 15) is 9.90 Å². The number of nitrogens with one attached hydrogen (secondary N) is 1. The molecular formula is C27H37NO3. The van der Waals surface area contributed by atoms with Crippen LogP contribution in [0, 0.1) is 17.8 Å². The molecule has 0 aliphatic heterocycles. The van der Waals surface area contributed by atoms with Gasteiger partial charge in [0.05, 0.1) is 18.1 Å². The van der Waals surface area contributed by atoms with E-state index in [0.29, 0.717) is 18.4 Å². The van der Waals surface area contributed by atoms with Crippen molar-refractivity contribution in [3.63, 3.8) is 0 Å². The maximum absolute atomic E-state index is 12.4. The minimum absolute atomic E-state index is 0.00422. The fourth-order valence-corrected chi connectivity index (χ4v) is 3.97. The summed E-state index contributed by atoms with van der Waals surface area (Å²) in [5, 5.41) is 12.5. The van der Waals surface area contributed by atoms with Crippen molar-refractivity contribution in [3.05, 3.63) is 78.8 Å². The molecule has 0 saturated carbocycles. The van der Waals surface area contributed by atoms with Crippen LogP contribution in [0.3, 0.4) is 0 Å². The summed E-state index contributed by atoms with van der Waals surface area (Å²) in [5.41, 5.74) is 2.46. The summed E-state index contributed by atoms with van der Waals surface area (Å²) >= 11 is 0. The maximum Gasteiger partial charge on any atom is 0.220 e. The van der Waals surface area contributed by atoms with Gasteiger partial charge in [-0.3, -0.25) is 4.79 Å². The Balaban J connectivity index is 2.06. The molecule has 31 heavy (non-hydrogen) atoms. The van der Waals surface area contributed by atoms with Gasteiger partial charge in [-0.05, 0) is 42.7 Å². The van der Waals surface area contributed by atoms with E-state index in [0.717, 1.165) is 18.6 Å². The lowest BCUT2D eigenvalue weighted by Gasteiger charge is -2.30. The summed E-state index contributed by atoms with van der Waals surface area (Å²) in [7, 11) is 0. The number of ether oxygens (including phenoxy) is 1. The van der Waals surface area contributed by atoms with Gasteiger partial charge in [-0.15, -0.1) is 0 Å². The lowest BCUT2D eigenvalue weighted by molar-refractivity contribution is -0.122. The number of rotatable bonds is 12. The van der Waals surface area contributed by atoms with Crippen molar-refractivity contribution in [2.24, 2.45) is 17.8 Å². The van der Waals surface area contributed by atoms with E-state index in [1.165, 1.54) is 11.1 Å². The number of carbonyl (C=O) groups excluding carboxylic acids is 1. The molecule has 0 heterocycles. The fraction of sp³-hybridized carbons (Fsp3) is 0.444. The minimum atomic E-state index is -0.0672. The van der Waals surface area contributed by atoms with Crippen LogP contribution in [-0.4, -0.2) is 23.7 Å². The van der Waals surface area contributed by atoms with Crippen molar-refractivity contribution in [2.75, 3.05) is 6.61 Å². The normalized spacial score (nSPS) is 19.8. The van der Waals surface area contributed by atoms with Crippen molar-refractivity contribution < 1.29 is 14.6 Å². The zero-order chi connectivity index (χ0) is 22.8. The molecule has 0 aromatic heterocycles. The van der Waals surface area contributed by atoms with Crippen molar-refractivity contribution in [2.45, 2.75) is 52.5 Å². The number of carbonyl (C=O) groups is 1. The molecule has 2 N–H and O–H groups in total. The van der Waals surface area contributed by atoms with Crippen LogP contribution in [0.2, 0.25) is 0 Å². The second-order valence-corrected chi connectivity index (χ2v) is 8.47. The van der Waals surface area contributed by atoms with Crippen LogP contribution in [0.25, 0.3) is 5.57 Å². The number of aliphatic hydroxyl groups is 1. The van der Waals surface area contributed by atoms with Gasteiger partial charge >= 0.3 is 0 Å². The third-order valence-electron chi connectivity index (χ3n) is 5.83. The molecule has 1 aliphatic carbocycles. The maximum atomic E-state index is 12.4. The summed E-state index contributed by atoms with van der Waals surface area (Å²) in [5.74, 6) is 1.55. The summed E-state index contributed by atoms with van der Waals surface area (Å²) in [6.45, 7) is 14.4. The highest BCUT2D eigenvalue weighted by Gasteiger charge is 2.25. The molecule has 2 rings (SSSR count). The van der Waals surface area contributed by atoms with Crippen LogP contribution in [-0.2, 0) is 9.53 Å². The summed E-state index contributed by atoms with van der Waals surface area (Å²) < 4.78 is 5.59. The highest BCUT2D eigenvalue weighted by molar-refractivity contribution is 5.76. The van der Waals surface area contributed by atoms with Gasteiger partial charge in [0.15, 0.2) is 0 Å². The van der Waals surface area contributed by atoms with E-state index in [4.69, 9.17) is 4.74 Å². The van der Waals surface area contributed by atoms with E-state index in [2.05, 4.69) is 74.8 Å². The Labute approximate surface area is 187 Å². The fourth-order valence-electron chi connectivity index (χ4n) is 3.97. The van der Waals surface area contributed by atoms with Gasteiger partial charge in [0.1, 0.15) is 0 Å². The first-order valence-corrected chi connectivity index (χ1v) is 11.2. The number of benzene rings is 1. The van der Waals surface area contributed by atoms with E-state index in [1.807, 2.05) is 13.0 Å². The lowest BCUT2D eigenvalue weighted by Crippen LogP contribution is -2.38. The van der Waals surface area contributed by atoms with Gasteiger partial charge in [0.25, 0.3) is 0 Å². The van der Waals surface area contributed by atoms with Crippen molar-refractivity contribution in [1.29, 1.82) is 0 Å². The zero-order valence-electron chi connectivity index (χ0n) is 19.1. The van der Waals surface area contributed by atoms with Crippen LogP contribution >= 0.6 is 0 Å². The Bertz CT molecular complexity index is 809. The highest BCUT2D eigenvalue weighted by atomic mass is 16.5. The summed E-state index contributed by atoms with van der Waals surface area (Å²) in [4.78, 5) is 12.4. The average molecular weight is 424 g/mol. The molecule has 1 aromatic rings. The number of aliphatic hydroxyl groups excluding tert-OH is 1. The SMILES string of the molecule is C=C(O)CCC(=O)NC(CC1C=CC(c2ccccc2)=CC1C)C[C@@H](C)C(=C)OCC. The van der Waals surface area contributed by atoms with Crippen molar-refractivity contribution in [3.8, 4) is 0 Å². The zero-order valence-corrected chi connectivity index (χ0v) is 19.1. The Morgan fingerprint density at radius 1 is 1.23 bits per heavy atom. The summed E-state index contributed by atoms with van der Waals surface area (Å²) in [6.07, 6.45) is 8.89. The monoisotopic (exact) mass is 423 g/mol. The Hall–Kier alpha value is -2.75. The smallest absolute Gasteiger partial charge is 0.220 e.